The zero-order valence-corrected chi connectivity index (χ0v) is 25.9. The molecule has 2 unspecified atom stereocenters. The zero-order chi connectivity index (χ0) is 31.9. The van der Waals surface area contributed by atoms with E-state index in [-0.39, 0.29) is 23.7 Å². The summed E-state index contributed by atoms with van der Waals surface area (Å²) < 4.78 is 31.7. The van der Waals surface area contributed by atoms with Crippen molar-refractivity contribution in [3.05, 3.63) is 64.8 Å². The molecule has 1 aliphatic heterocycles. The highest BCUT2D eigenvalue weighted by Gasteiger charge is 2.38. The number of carbonyl (C=O) groups excluding carboxylic acids is 2. The Morgan fingerprint density at radius 3 is 2.51 bits per heavy atom. The number of alkyl halides is 3. The third kappa shape index (κ3) is 9.14. The Labute approximate surface area is 257 Å². The Morgan fingerprint density at radius 2 is 1.88 bits per heavy atom. The van der Waals surface area contributed by atoms with Crippen molar-refractivity contribution in [1.82, 2.24) is 15.2 Å². The maximum Gasteiger partial charge on any atom is 0.490 e. The monoisotopic (exact) mass is 640 g/mol. The minimum absolute atomic E-state index is 0.0858. The lowest BCUT2D eigenvalue weighted by Crippen LogP contribution is -2.54. The van der Waals surface area contributed by atoms with Gasteiger partial charge in [-0.15, -0.1) is 0 Å². The highest BCUT2D eigenvalue weighted by molar-refractivity contribution is 7.98. The molecule has 4 rings (SSSR count). The number of aliphatic carboxylic acids is 1. The standard InChI is InChI=1S/C28H35ClN4O2S.C2HF3O2/c1-18(23-15-30-24-8-6-5-7-22(23)24)27(31-26(34)11-12-36-4)28(35)33-17-19(16-32(2)3)13-20-14-21(29)9-10-25(20)33;3-2(4,5)1(6)7/h5-10,14-15,18-19,27,30H,11-13,16-17H2,1-4H3,(H,31,34);(H,6,7)/t18?,19-,27?;/m1./s1. The molecule has 0 saturated heterocycles. The number of nitrogens with one attached hydrogen (secondary N) is 2. The molecule has 0 spiro atoms. The average molecular weight is 641 g/mol. The summed E-state index contributed by atoms with van der Waals surface area (Å²) in [6, 6.07) is 13.1. The van der Waals surface area contributed by atoms with Crippen LogP contribution in [0.2, 0.25) is 5.02 Å². The van der Waals surface area contributed by atoms with Crippen molar-refractivity contribution in [2.24, 2.45) is 5.92 Å². The van der Waals surface area contributed by atoms with Crippen LogP contribution in [0.15, 0.2) is 48.7 Å². The van der Waals surface area contributed by atoms with Crippen molar-refractivity contribution in [2.45, 2.75) is 37.9 Å². The van der Waals surface area contributed by atoms with E-state index >= 15 is 0 Å². The summed E-state index contributed by atoms with van der Waals surface area (Å²) in [5.74, 6) is -2.19. The van der Waals surface area contributed by atoms with E-state index in [1.54, 1.807) is 11.8 Å². The van der Waals surface area contributed by atoms with E-state index in [0.29, 0.717) is 23.7 Å². The zero-order valence-electron chi connectivity index (χ0n) is 24.4. The van der Waals surface area contributed by atoms with Crippen LogP contribution in [-0.4, -0.2) is 84.2 Å². The second kappa shape index (κ2) is 15.0. The fraction of sp³-hybridized carbons (Fsp3) is 0.433. The summed E-state index contributed by atoms with van der Waals surface area (Å²) in [7, 11) is 4.10. The summed E-state index contributed by atoms with van der Waals surface area (Å²) in [5.41, 5.74) is 3.99. The van der Waals surface area contributed by atoms with Crippen LogP contribution in [0.1, 0.15) is 30.4 Å². The molecule has 1 aromatic heterocycles. The maximum atomic E-state index is 14.3. The highest BCUT2D eigenvalue weighted by Crippen LogP contribution is 2.35. The smallest absolute Gasteiger partial charge is 0.475 e. The van der Waals surface area contributed by atoms with Crippen LogP contribution in [-0.2, 0) is 20.8 Å². The molecule has 3 atom stereocenters. The number of anilines is 1. The minimum atomic E-state index is -5.08. The number of carbonyl (C=O) groups is 3. The van der Waals surface area contributed by atoms with Crippen LogP contribution in [0.4, 0.5) is 18.9 Å². The van der Waals surface area contributed by atoms with Gasteiger partial charge in [-0.2, -0.15) is 24.9 Å². The fourth-order valence-electron chi connectivity index (χ4n) is 5.22. The van der Waals surface area contributed by atoms with Crippen molar-refractivity contribution >= 4 is 57.7 Å². The summed E-state index contributed by atoms with van der Waals surface area (Å²) in [6.45, 7) is 3.49. The quantitative estimate of drug-likeness (QED) is 0.283. The molecule has 2 amide bonds. The number of carboxylic acid groups (broad SMARTS) is 1. The van der Waals surface area contributed by atoms with Crippen molar-refractivity contribution in [3.63, 3.8) is 0 Å². The van der Waals surface area contributed by atoms with Gasteiger partial charge in [-0.05, 0) is 68.1 Å². The SMILES string of the molecule is CSCCC(=O)NC(C(=O)N1C[C@@H](CN(C)C)Cc2cc(Cl)ccc21)C(C)c1c[nH]c2ccccc12.O=C(O)C(F)(F)F. The molecule has 3 N–H and O–H groups in total. The number of thioether (sulfide) groups is 1. The van der Waals surface area contributed by atoms with Crippen LogP contribution in [0.3, 0.4) is 0 Å². The number of hydrogen-bond acceptors (Lipinski definition) is 5. The maximum absolute atomic E-state index is 14.3. The Morgan fingerprint density at radius 1 is 1.21 bits per heavy atom. The van der Waals surface area contributed by atoms with Gasteiger partial charge in [0.1, 0.15) is 6.04 Å². The Hall–Kier alpha value is -3.22. The van der Waals surface area contributed by atoms with Crippen molar-refractivity contribution in [3.8, 4) is 0 Å². The van der Waals surface area contributed by atoms with Gasteiger partial charge in [0.25, 0.3) is 0 Å². The van der Waals surface area contributed by atoms with Gasteiger partial charge in [-0.25, -0.2) is 4.79 Å². The topological polar surface area (TPSA) is 106 Å². The van der Waals surface area contributed by atoms with Crippen LogP contribution in [0.5, 0.6) is 0 Å². The van der Waals surface area contributed by atoms with Gasteiger partial charge >= 0.3 is 12.1 Å². The number of carboxylic acids is 1. The van der Waals surface area contributed by atoms with E-state index in [1.807, 2.05) is 74.8 Å². The first-order chi connectivity index (χ1) is 20.2. The van der Waals surface area contributed by atoms with E-state index in [9.17, 15) is 22.8 Å². The lowest BCUT2D eigenvalue weighted by Gasteiger charge is -2.38. The molecule has 0 fully saturated rings. The number of nitrogens with zero attached hydrogens (tertiary/aromatic N) is 2. The largest absolute Gasteiger partial charge is 0.490 e. The van der Waals surface area contributed by atoms with Crippen molar-refractivity contribution in [2.75, 3.05) is 44.1 Å². The molecular formula is C30H36ClF3N4O4S. The van der Waals surface area contributed by atoms with E-state index in [0.717, 1.165) is 40.7 Å². The molecule has 3 aromatic rings. The molecule has 13 heteroatoms. The number of fused-ring (bicyclic) bond motifs is 2. The van der Waals surface area contributed by atoms with Crippen molar-refractivity contribution in [1.29, 1.82) is 0 Å². The highest BCUT2D eigenvalue weighted by atomic mass is 35.5. The summed E-state index contributed by atoms with van der Waals surface area (Å²) in [4.78, 5) is 43.5. The van der Waals surface area contributed by atoms with Crippen molar-refractivity contribution < 1.29 is 32.7 Å². The lowest BCUT2D eigenvalue weighted by atomic mass is 9.88. The van der Waals surface area contributed by atoms with Gasteiger partial charge in [0.2, 0.25) is 11.8 Å². The predicted octanol–water partition coefficient (Wildman–Crippen LogP) is 5.56. The molecule has 1 aliphatic rings. The van der Waals surface area contributed by atoms with Crippen LogP contribution in [0.25, 0.3) is 10.9 Å². The summed E-state index contributed by atoms with van der Waals surface area (Å²) in [5, 5.41) is 12.0. The number of H-pyrrole nitrogens is 1. The molecule has 43 heavy (non-hydrogen) atoms. The number of para-hydroxylation sites is 1. The van der Waals surface area contributed by atoms with Gasteiger partial charge < -0.3 is 25.2 Å². The lowest BCUT2D eigenvalue weighted by molar-refractivity contribution is -0.192. The third-order valence-electron chi connectivity index (χ3n) is 7.14. The molecule has 2 heterocycles. The van der Waals surface area contributed by atoms with Gasteiger partial charge in [-0.3, -0.25) is 9.59 Å². The first kappa shape index (κ1) is 34.3. The summed E-state index contributed by atoms with van der Waals surface area (Å²) >= 11 is 7.96. The van der Waals surface area contributed by atoms with E-state index in [1.165, 1.54) is 0 Å². The second-order valence-corrected chi connectivity index (χ2v) is 12.1. The number of rotatable bonds is 9. The van der Waals surface area contributed by atoms with Gasteiger partial charge in [0.05, 0.1) is 0 Å². The number of benzene rings is 2. The minimum Gasteiger partial charge on any atom is -0.475 e. The Balaban J connectivity index is 0.000000646. The number of amides is 2. The molecule has 0 bridgehead atoms. The third-order valence-corrected chi connectivity index (χ3v) is 7.99. The van der Waals surface area contributed by atoms with Crippen LogP contribution >= 0.6 is 23.4 Å². The normalized spacial score (nSPS) is 16.2. The van der Waals surface area contributed by atoms with E-state index in [2.05, 4.69) is 21.3 Å². The van der Waals surface area contributed by atoms with Crippen LogP contribution in [0, 0.1) is 5.92 Å². The predicted molar refractivity (Wildman–Crippen MR) is 165 cm³/mol. The van der Waals surface area contributed by atoms with Gasteiger partial charge in [-0.1, -0.05) is 36.7 Å². The number of aromatic amines is 1. The fourth-order valence-corrected chi connectivity index (χ4v) is 5.80. The average Bonchev–Trinajstić information content (AvgIpc) is 3.37. The van der Waals surface area contributed by atoms with Crippen LogP contribution < -0.4 is 10.2 Å². The summed E-state index contributed by atoms with van der Waals surface area (Å²) in [6.07, 6.45) is 0.0925. The molecule has 8 nitrogen and oxygen atoms in total. The van der Waals surface area contributed by atoms with E-state index in [4.69, 9.17) is 21.5 Å². The number of hydrogen-bond donors (Lipinski definition) is 3. The second-order valence-electron chi connectivity index (χ2n) is 10.7. The van der Waals surface area contributed by atoms with E-state index < -0.39 is 18.2 Å². The first-order valence-electron chi connectivity index (χ1n) is 13.6. The Bertz CT molecular complexity index is 1430. The molecule has 0 saturated carbocycles. The molecular weight excluding hydrogens is 605 g/mol. The van der Waals surface area contributed by atoms with Gasteiger partial charge in [0, 0.05) is 59.0 Å². The molecule has 2 aromatic carbocycles. The Kier molecular flexibility index (Phi) is 11.9. The number of aromatic nitrogens is 1. The first-order valence-corrected chi connectivity index (χ1v) is 15.4. The molecule has 234 valence electrons. The molecule has 0 radical (unpaired) electrons. The molecule has 0 aliphatic carbocycles. The van der Waals surface area contributed by atoms with Gasteiger partial charge in [0.15, 0.2) is 0 Å². The number of halogens is 4.